The molecule has 0 N–H and O–H groups in total. The summed E-state index contributed by atoms with van der Waals surface area (Å²) < 4.78 is 27.0. The van der Waals surface area contributed by atoms with Crippen molar-refractivity contribution in [3.63, 3.8) is 0 Å². The molecule has 0 spiro atoms. The van der Waals surface area contributed by atoms with Crippen molar-refractivity contribution >= 4 is 0 Å². The van der Waals surface area contributed by atoms with E-state index < -0.39 is 0 Å². The van der Waals surface area contributed by atoms with Crippen LogP contribution < -0.4 is 0 Å². The molecule has 1 fully saturated rings. The largest absolute Gasteiger partial charge is 0.365 e. The van der Waals surface area contributed by atoms with E-state index in [0.29, 0.717) is 30.7 Å². The molecule has 1 aliphatic carbocycles. The number of hydrogen-bond acceptors (Lipinski definition) is 5. The van der Waals surface area contributed by atoms with Crippen molar-refractivity contribution in [2.75, 3.05) is 0 Å². The number of benzene rings is 1. The summed E-state index contributed by atoms with van der Waals surface area (Å²) in [5.41, 5.74) is 2.43. The van der Waals surface area contributed by atoms with E-state index in [1.54, 1.807) is 12.4 Å². The van der Waals surface area contributed by atoms with Crippen molar-refractivity contribution in [1.29, 1.82) is 0 Å². The molecular formula is C20H21FN4O2. The third-order valence-corrected chi connectivity index (χ3v) is 5.57. The SMILES string of the molecule is Fc1cccc(C2Cn3cnc(-c4nc(C5CCCCC5)no4)c3CO2)c1. The summed E-state index contributed by atoms with van der Waals surface area (Å²) in [6.07, 6.45) is 7.56. The Morgan fingerprint density at radius 3 is 2.89 bits per heavy atom. The monoisotopic (exact) mass is 368 g/mol. The summed E-state index contributed by atoms with van der Waals surface area (Å²) in [6.45, 7) is 0.951. The minimum absolute atomic E-state index is 0.198. The molecule has 1 unspecified atom stereocenters. The van der Waals surface area contributed by atoms with Gasteiger partial charge in [-0.25, -0.2) is 9.37 Å². The maximum absolute atomic E-state index is 13.5. The Balaban J connectivity index is 1.38. The van der Waals surface area contributed by atoms with Crippen LogP contribution in [0.25, 0.3) is 11.6 Å². The number of hydrogen-bond donors (Lipinski definition) is 0. The van der Waals surface area contributed by atoms with E-state index in [1.165, 1.54) is 31.4 Å². The molecule has 2 aromatic heterocycles. The van der Waals surface area contributed by atoms with E-state index in [4.69, 9.17) is 9.26 Å². The Labute approximate surface area is 156 Å². The lowest BCUT2D eigenvalue weighted by atomic mass is 9.89. The second-order valence-corrected chi connectivity index (χ2v) is 7.34. The normalized spacial score (nSPS) is 20.6. The second-order valence-electron chi connectivity index (χ2n) is 7.34. The summed E-state index contributed by atoms with van der Waals surface area (Å²) in [4.78, 5) is 9.10. The number of nitrogens with zero attached hydrogens (tertiary/aromatic N) is 4. The maximum Gasteiger partial charge on any atom is 0.278 e. The van der Waals surface area contributed by atoms with Gasteiger partial charge >= 0.3 is 0 Å². The highest BCUT2D eigenvalue weighted by molar-refractivity contribution is 5.51. The van der Waals surface area contributed by atoms with E-state index in [-0.39, 0.29) is 11.9 Å². The number of fused-ring (bicyclic) bond motifs is 1. The molecule has 1 atom stereocenters. The van der Waals surface area contributed by atoms with Gasteiger partial charge in [-0.2, -0.15) is 4.98 Å². The Hall–Kier alpha value is -2.54. The Morgan fingerprint density at radius 2 is 2.04 bits per heavy atom. The smallest absolute Gasteiger partial charge is 0.278 e. The highest BCUT2D eigenvalue weighted by atomic mass is 19.1. The van der Waals surface area contributed by atoms with Crippen molar-refractivity contribution < 1.29 is 13.7 Å². The first-order chi connectivity index (χ1) is 13.3. The van der Waals surface area contributed by atoms with Crippen molar-refractivity contribution in [1.82, 2.24) is 19.7 Å². The molecule has 0 radical (unpaired) electrons. The lowest BCUT2D eigenvalue weighted by molar-refractivity contribution is 0.00314. The first-order valence-corrected chi connectivity index (χ1v) is 9.53. The lowest BCUT2D eigenvalue weighted by Crippen LogP contribution is -2.20. The Morgan fingerprint density at radius 1 is 1.15 bits per heavy atom. The van der Waals surface area contributed by atoms with Gasteiger partial charge < -0.3 is 13.8 Å². The van der Waals surface area contributed by atoms with E-state index in [9.17, 15) is 4.39 Å². The van der Waals surface area contributed by atoms with Gasteiger partial charge in [-0.15, -0.1) is 0 Å². The highest BCUT2D eigenvalue weighted by Gasteiger charge is 2.28. The molecule has 5 rings (SSSR count). The Bertz CT molecular complexity index is 945. The van der Waals surface area contributed by atoms with Crippen LogP contribution in [0.3, 0.4) is 0 Å². The molecule has 27 heavy (non-hydrogen) atoms. The fourth-order valence-electron chi connectivity index (χ4n) is 4.07. The third kappa shape index (κ3) is 3.16. The molecule has 3 aromatic rings. The fraction of sp³-hybridized carbons (Fsp3) is 0.450. The quantitative estimate of drug-likeness (QED) is 0.686. The maximum atomic E-state index is 13.5. The van der Waals surface area contributed by atoms with Gasteiger partial charge in [0.25, 0.3) is 5.89 Å². The minimum Gasteiger partial charge on any atom is -0.365 e. The third-order valence-electron chi connectivity index (χ3n) is 5.57. The van der Waals surface area contributed by atoms with Gasteiger partial charge in [0.15, 0.2) is 11.5 Å². The van der Waals surface area contributed by atoms with Crippen molar-refractivity contribution in [3.8, 4) is 11.6 Å². The average molecular weight is 368 g/mol. The lowest BCUT2D eigenvalue weighted by Gasteiger charge is -2.25. The standard InChI is InChI=1S/C20H21FN4O2/c21-15-8-4-7-14(9-15)17-10-25-12-22-18(16(25)11-26-17)20-23-19(24-27-20)13-5-2-1-3-6-13/h4,7-9,12-13,17H,1-3,5-6,10-11H2. The van der Waals surface area contributed by atoms with Crippen molar-refractivity contribution in [2.24, 2.45) is 0 Å². The fourth-order valence-corrected chi connectivity index (χ4v) is 4.07. The zero-order valence-electron chi connectivity index (χ0n) is 15.0. The molecule has 1 saturated carbocycles. The summed E-state index contributed by atoms with van der Waals surface area (Å²) in [7, 11) is 0. The minimum atomic E-state index is -0.255. The predicted molar refractivity (Wildman–Crippen MR) is 95.3 cm³/mol. The molecular weight excluding hydrogens is 347 g/mol. The van der Waals surface area contributed by atoms with Crippen LogP contribution in [0.5, 0.6) is 0 Å². The first kappa shape index (κ1) is 16.6. The average Bonchev–Trinajstić information content (AvgIpc) is 3.35. The number of imidazole rings is 1. The molecule has 7 heteroatoms. The van der Waals surface area contributed by atoms with Gasteiger partial charge in [0.2, 0.25) is 0 Å². The van der Waals surface area contributed by atoms with Crippen molar-refractivity contribution in [3.05, 3.63) is 53.5 Å². The van der Waals surface area contributed by atoms with Crippen LogP contribution in [0, 0.1) is 5.82 Å². The Kier molecular flexibility index (Phi) is 4.24. The zero-order valence-corrected chi connectivity index (χ0v) is 15.0. The van der Waals surface area contributed by atoms with Crippen LogP contribution in [-0.4, -0.2) is 19.7 Å². The number of ether oxygens (including phenoxy) is 1. The van der Waals surface area contributed by atoms with E-state index in [0.717, 1.165) is 29.9 Å². The zero-order chi connectivity index (χ0) is 18.2. The van der Waals surface area contributed by atoms with Gasteiger partial charge in [-0.05, 0) is 30.5 Å². The number of aromatic nitrogens is 4. The molecule has 1 aliphatic heterocycles. The van der Waals surface area contributed by atoms with E-state index >= 15 is 0 Å². The molecule has 2 aliphatic rings. The molecule has 140 valence electrons. The summed E-state index contributed by atoms with van der Waals surface area (Å²) in [6, 6.07) is 6.54. The van der Waals surface area contributed by atoms with E-state index in [1.807, 2.05) is 10.6 Å². The van der Waals surface area contributed by atoms with Crippen LogP contribution in [0.2, 0.25) is 0 Å². The number of rotatable bonds is 3. The van der Waals surface area contributed by atoms with Crippen molar-refractivity contribution in [2.45, 2.75) is 57.3 Å². The highest BCUT2D eigenvalue weighted by Crippen LogP contribution is 2.34. The van der Waals surface area contributed by atoms with E-state index in [2.05, 4.69) is 15.1 Å². The molecule has 6 nitrogen and oxygen atoms in total. The molecule has 3 heterocycles. The predicted octanol–water partition coefficient (Wildman–Crippen LogP) is 4.39. The van der Waals surface area contributed by atoms with Crippen LogP contribution in [0.15, 0.2) is 35.1 Å². The summed E-state index contributed by atoms with van der Waals surface area (Å²) >= 11 is 0. The topological polar surface area (TPSA) is 66.0 Å². The van der Waals surface area contributed by atoms with Gasteiger partial charge in [-0.1, -0.05) is 36.6 Å². The number of halogens is 1. The van der Waals surface area contributed by atoms with Gasteiger partial charge in [0.1, 0.15) is 11.9 Å². The van der Waals surface area contributed by atoms with Gasteiger partial charge in [-0.3, -0.25) is 0 Å². The summed E-state index contributed by atoms with van der Waals surface area (Å²) in [5.74, 6) is 1.38. The molecule has 0 saturated heterocycles. The molecule has 1 aromatic carbocycles. The van der Waals surface area contributed by atoms with Crippen LogP contribution >= 0.6 is 0 Å². The first-order valence-electron chi connectivity index (χ1n) is 9.53. The van der Waals surface area contributed by atoms with Crippen LogP contribution in [0.4, 0.5) is 4.39 Å². The summed E-state index contributed by atoms with van der Waals surface area (Å²) in [5, 5.41) is 4.20. The van der Waals surface area contributed by atoms with Gasteiger partial charge in [0, 0.05) is 5.92 Å². The van der Waals surface area contributed by atoms with Gasteiger partial charge in [0.05, 0.1) is 25.2 Å². The molecule has 0 bridgehead atoms. The molecule has 0 amide bonds. The second kappa shape index (κ2) is 6.88. The van der Waals surface area contributed by atoms with Crippen LogP contribution in [-0.2, 0) is 17.9 Å². The van der Waals surface area contributed by atoms with Crippen LogP contribution in [0.1, 0.15) is 61.2 Å².